The van der Waals surface area contributed by atoms with Crippen LogP contribution in [0.15, 0.2) is 91.0 Å². The van der Waals surface area contributed by atoms with Gasteiger partial charge in [0.2, 0.25) is 5.91 Å². The van der Waals surface area contributed by atoms with Crippen LogP contribution < -0.4 is 15.4 Å². The lowest BCUT2D eigenvalue weighted by molar-refractivity contribution is -0.123. The summed E-state index contributed by atoms with van der Waals surface area (Å²) in [5.41, 5.74) is 3.56. The molecule has 16 nitrogen and oxygen atoms in total. The van der Waals surface area contributed by atoms with Gasteiger partial charge in [-0.2, -0.15) is 0 Å². The predicted octanol–water partition coefficient (Wildman–Crippen LogP) is 4.38. The molecule has 0 spiro atoms. The van der Waals surface area contributed by atoms with Crippen molar-refractivity contribution in [2.24, 2.45) is 5.92 Å². The van der Waals surface area contributed by atoms with E-state index in [0.29, 0.717) is 56.0 Å². The lowest BCUT2D eigenvalue weighted by Gasteiger charge is -2.34. The Labute approximate surface area is 354 Å². The Morgan fingerprint density at radius 2 is 1.46 bits per heavy atom. The topological polar surface area (TPSA) is 223 Å². The van der Waals surface area contributed by atoms with Gasteiger partial charge in [-0.25, -0.2) is 9.36 Å². The minimum atomic E-state index is -1.77. The van der Waals surface area contributed by atoms with E-state index in [0.717, 1.165) is 11.1 Å². The van der Waals surface area contributed by atoms with E-state index in [1.807, 2.05) is 82.3 Å². The standard InChI is InChI=1S/C44H52BN7O9/c1-27(2)22-39(45(59)60)47-42(56)36(23-29-8-6-5-7-9-29)46-41(55)31-12-16-33(17-13-31)61-44(58)51-20-18-50(19-21-51)26-30-10-14-32(15-11-30)52-40(48-49-43(52)57)35-24-34(28(3)4)37(53)25-38(35)54/h5-17,24-25,27-28,36,39,53-54,59-60H,18-23,26H2,1-4H3,(H,46,55)(H,47,56)(H,49,57)/t36?,39-/m0/s1. The van der Waals surface area contributed by atoms with E-state index >= 15 is 0 Å². The summed E-state index contributed by atoms with van der Waals surface area (Å²) in [6, 6.07) is 24.2. The van der Waals surface area contributed by atoms with E-state index in [1.54, 1.807) is 11.0 Å². The summed E-state index contributed by atoms with van der Waals surface area (Å²) in [6.07, 6.45) is -0.0127. The molecule has 17 heteroatoms. The normalized spacial score (nSPS) is 14.1. The average Bonchev–Trinajstić information content (AvgIpc) is 3.61. The highest BCUT2D eigenvalue weighted by molar-refractivity contribution is 6.43. The molecule has 1 fully saturated rings. The van der Waals surface area contributed by atoms with Gasteiger partial charge in [0.15, 0.2) is 5.82 Å². The van der Waals surface area contributed by atoms with Crippen molar-refractivity contribution in [3.8, 4) is 40.3 Å². The summed E-state index contributed by atoms with van der Waals surface area (Å²) < 4.78 is 7.06. The zero-order valence-electron chi connectivity index (χ0n) is 34.6. The van der Waals surface area contributed by atoms with Crippen LogP contribution in [0.3, 0.4) is 0 Å². The number of carbonyl (C=O) groups excluding carboxylic acids is 3. The van der Waals surface area contributed by atoms with Gasteiger partial charge in [-0.05, 0) is 77.4 Å². The number of rotatable bonds is 15. The number of phenols is 2. The first-order chi connectivity index (χ1) is 29.2. The molecule has 0 bridgehead atoms. The second kappa shape index (κ2) is 19.8. The molecule has 2 atom stereocenters. The van der Waals surface area contributed by atoms with Crippen molar-refractivity contribution in [3.63, 3.8) is 0 Å². The number of amides is 3. The first-order valence-corrected chi connectivity index (χ1v) is 20.3. The molecule has 4 aromatic carbocycles. The second-order valence-electron chi connectivity index (χ2n) is 15.9. The molecule has 3 amide bonds. The van der Waals surface area contributed by atoms with E-state index in [9.17, 15) is 39.8 Å². The number of nitrogens with one attached hydrogen (secondary N) is 2. The molecule has 1 aliphatic rings. The quantitative estimate of drug-likeness (QED) is 0.0731. The number of ether oxygens (including phenoxy) is 1. The number of nitrogens with zero attached hydrogens (tertiary/aromatic N) is 5. The van der Waals surface area contributed by atoms with Gasteiger partial charge in [0.25, 0.3) is 5.91 Å². The molecule has 5 aromatic rings. The molecule has 1 aromatic heterocycles. The van der Waals surface area contributed by atoms with E-state index in [4.69, 9.17) is 4.74 Å². The Hall–Kier alpha value is -6.43. The maximum absolute atomic E-state index is 13.4. The minimum absolute atomic E-state index is 0.0229. The maximum Gasteiger partial charge on any atom is 0.475 e. The van der Waals surface area contributed by atoms with Crippen LogP contribution in [0.1, 0.15) is 67.1 Å². The summed E-state index contributed by atoms with van der Waals surface area (Å²) in [4.78, 5) is 43.6. The molecule has 7 N–H and O–H groups in total. The third-order valence-electron chi connectivity index (χ3n) is 10.5. The van der Waals surface area contributed by atoms with Gasteiger partial charge < -0.3 is 45.6 Å². The number of aromatic nitrogens is 3. The first kappa shape index (κ1) is 44.1. The SMILES string of the molecule is CC(C)C[C@H](NC(=O)C(Cc1ccccc1)NC(=O)c1ccc(OC(=O)N2CCN(Cc3ccc(-n4c(O)nnc4-c4cc(C(C)C)c(O)cc4O)cc3)CC2)cc1)B(O)O. The summed E-state index contributed by atoms with van der Waals surface area (Å²) >= 11 is 0. The number of hydrogen-bond acceptors (Lipinski definition) is 12. The first-order valence-electron chi connectivity index (χ1n) is 20.3. The Morgan fingerprint density at radius 1 is 0.787 bits per heavy atom. The number of carbonyl (C=O) groups is 3. The third-order valence-corrected chi connectivity index (χ3v) is 10.5. The van der Waals surface area contributed by atoms with E-state index in [1.165, 1.54) is 34.9 Å². The third kappa shape index (κ3) is 11.2. The van der Waals surface area contributed by atoms with Crippen LogP contribution >= 0.6 is 0 Å². The summed E-state index contributed by atoms with van der Waals surface area (Å²) in [7, 11) is -1.77. The van der Waals surface area contributed by atoms with Crippen LogP contribution in [0, 0.1) is 5.92 Å². The van der Waals surface area contributed by atoms with Gasteiger partial charge in [-0.15, -0.1) is 5.10 Å². The molecule has 0 aliphatic carbocycles. The fourth-order valence-corrected chi connectivity index (χ4v) is 7.21. The monoisotopic (exact) mass is 833 g/mol. The van der Waals surface area contributed by atoms with E-state index in [-0.39, 0.29) is 52.9 Å². The Morgan fingerprint density at radius 3 is 2.08 bits per heavy atom. The molecule has 0 radical (unpaired) electrons. The average molecular weight is 834 g/mol. The fourth-order valence-electron chi connectivity index (χ4n) is 7.21. The van der Waals surface area contributed by atoms with Crippen LogP contribution in [0.25, 0.3) is 17.1 Å². The lowest BCUT2D eigenvalue weighted by atomic mass is 9.75. The Bertz CT molecular complexity index is 2280. The van der Waals surface area contributed by atoms with Gasteiger partial charge in [-0.1, -0.05) is 75.3 Å². The van der Waals surface area contributed by atoms with Crippen LogP contribution in [0.2, 0.25) is 0 Å². The number of piperazine rings is 1. The van der Waals surface area contributed by atoms with Crippen LogP contribution in [-0.2, 0) is 17.8 Å². The molecule has 1 saturated heterocycles. The molecule has 6 rings (SSSR count). The summed E-state index contributed by atoms with van der Waals surface area (Å²) in [5, 5.41) is 64.7. The van der Waals surface area contributed by atoms with Gasteiger partial charge in [0.1, 0.15) is 23.3 Å². The lowest BCUT2D eigenvalue weighted by Crippen LogP contribution is -2.55. The number of aromatic hydroxyl groups is 3. The molecule has 1 unspecified atom stereocenters. The Balaban J connectivity index is 1.01. The molecule has 61 heavy (non-hydrogen) atoms. The fraction of sp³-hybridized carbons (Fsp3) is 0.341. The molecule has 2 heterocycles. The van der Waals surface area contributed by atoms with Crippen LogP contribution in [0.5, 0.6) is 23.3 Å². The second-order valence-corrected chi connectivity index (χ2v) is 15.9. The van der Waals surface area contributed by atoms with Crippen molar-refractivity contribution in [1.29, 1.82) is 0 Å². The minimum Gasteiger partial charge on any atom is -0.508 e. The molecular weight excluding hydrogens is 781 g/mol. The molecular formula is C44H52BN7O9. The maximum atomic E-state index is 13.4. The number of phenolic OH excluding ortho intramolecular Hbond substituents is 2. The van der Waals surface area contributed by atoms with Crippen molar-refractivity contribution in [3.05, 3.63) is 113 Å². The predicted molar refractivity (Wildman–Crippen MR) is 228 cm³/mol. The van der Waals surface area contributed by atoms with Crippen molar-refractivity contribution in [2.45, 2.75) is 65.0 Å². The van der Waals surface area contributed by atoms with Gasteiger partial charge >= 0.3 is 19.2 Å². The van der Waals surface area contributed by atoms with E-state index in [2.05, 4.69) is 25.7 Å². The van der Waals surface area contributed by atoms with E-state index < -0.39 is 37.0 Å². The summed E-state index contributed by atoms with van der Waals surface area (Å²) in [6.45, 7) is 10.3. The smallest absolute Gasteiger partial charge is 0.475 e. The van der Waals surface area contributed by atoms with Crippen molar-refractivity contribution < 1.29 is 44.5 Å². The Kier molecular flexibility index (Phi) is 14.3. The van der Waals surface area contributed by atoms with Gasteiger partial charge in [0, 0.05) is 50.8 Å². The van der Waals surface area contributed by atoms with Crippen molar-refractivity contribution in [1.82, 2.24) is 35.2 Å². The molecule has 320 valence electrons. The van der Waals surface area contributed by atoms with Crippen LogP contribution in [0.4, 0.5) is 4.79 Å². The highest BCUT2D eigenvalue weighted by Crippen LogP contribution is 2.39. The largest absolute Gasteiger partial charge is 0.508 e. The van der Waals surface area contributed by atoms with Gasteiger partial charge in [-0.3, -0.25) is 14.5 Å². The molecule has 0 saturated carbocycles. The van der Waals surface area contributed by atoms with Gasteiger partial charge in [0.05, 0.1) is 17.2 Å². The highest BCUT2D eigenvalue weighted by Gasteiger charge is 2.31. The summed E-state index contributed by atoms with van der Waals surface area (Å²) in [5.74, 6) is -1.68. The van der Waals surface area contributed by atoms with Crippen LogP contribution in [-0.4, -0.2) is 113 Å². The zero-order chi connectivity index (χ0) is 43.8. The molecule has 1 aliphatic heterocycles. The highest BCUT2D eigenvalue weighted by atomic mass is 16.6. The van der Waals surface area contributed by atoms with Crippen molar-refractivity contribution >= 4 is 25.0 Å². The zero-order valence-corrected chi connectivity index (χ0v) is 34.6. The number of hydrogen-bond donors (Lipinski definition) is 7. The number of benzene rings is 4. The van der Waals surface area contributed by atoms with Crippen molar-refractivity contribution in [2.75, 3.05) is 26.2 Å².